The van der Waals surface area contributed by atoms with Gasteiger partial charge in [-0.05, 0) is 24.4 Å². The number of aromatic amines is 1. The van der Waals surface area contributed by atoms with Crippen LogP contribution in [0.25, 0.3) is 22.6 Å². The third kappa shape index (κ3) is 3.02. The highest BCUT2D eigenvalue weighted by Gasteiger charge is 2.17. The van der Waals surface area contributed by atoms with Crippen molar-refractivity contribution in [3.8, 4) is 17.1 Å². The Kier molecular flexibility index (Phi) is 4.32. The Hall–Kier alpha value is -3.26. The van der Waals surface area contributed by atoms with Gasteiger partial charge in [0, 0.05) is 29.4 Å². The van der Waals surface area contributed by atoms with Crippen LogP contribution >= 0.6 is 11.3 Å². The van der Waals surface area contributed by atoms with Crippen molar-refractivity contribution < 1.29 is 9.53 Å². The summed E-state index contributed by atoms with van der Waals surface area (Å²) >= 11 is 1.58. The van der Waals surface area contributed by atoms with Gasteiger partial charge in [0.05, 0.1) is 18.4 Å². The molecule has 26 heavy (non-hydrogen) atoms. The van der Waals surface area contributed by atoms with Crippen molar-refractivity contribution >= 4 is 34.1 Å². The Morgan fingerprint density at radius 2 is 2.23 bits per heavy atom. The van der Waals surface area contributed by atoms with E-state index in [1.54, 1.807) is 42.1 Å². The fourth-order valence-electron chi connectivity index (χ4n) is 2.58. The van der Waals surface area contributed by atoms with E-state index in [4.69, 9.17) is 4.74 Å². The Bertz CT molecular complexity index is 1060. The van der Waals surface area contributed by atoms with Crippen molar-refractivity contribution in [1.82, 2.24) is 19.9 Å². The average Bonchev–Trinajstić information content (AvgIpc) is 3.32. The van der Waals surface area contributed by atoms with Gasteiger partial charge in [0.1, 0.15) is 22.8 Å². The van der Waals surface area contributed by atoms with Crippen molar-refractivity contribution in [2.24, 2.45) is 0 Å². The summed E-state index contributed by atoms with van der Waals surface area (Å²) in [5, 5.41) is 6.80. The fourth-order valence-corrected chi connectivity index (χ4v) is 3.22. The Balaban J connectivity index is 1.69. The van der Waals surface area contributed by atoms with Gasteiger partial charge in [0.25, 0.3) is 5.91 Å². The molecule has 0 bridgehead atoms. The van der Waals surface area contributed by atoms with Crippen LogP contribution in [0.2, 0.25) is 0 Å². The quantitative estimate of drug-likeness (QED) is 0.562. The number of ether oxygens (including phenoxy) is 1. The van der Waals surface area contributed by atoms with Gasteiger partial charge in [-0.2, -0.15) is 11.3 Å². The van der Waals surface area contributed by atoms with Crippen LogP contribution in [0.3, 0.4) is 0 Å². The average molecular weight is 365 g/mol. The molecule has 0 radical (unpaired) electrons. The zero-order valence-electron chi connectivity index (χ0n) is 13.9. The van der Waals surface area contributed by atoms with E-state index in [2.05, 4.69) is 25.3 Å². The van der Waals surface area contributed by atoms with Gasteiger partial charge in [0.2, 0.25) is 0 Å². The largest absolute Gasteiger partial charge is 0.492 e. The maximum absolute atomic E-state index is 12.8. The lowest BCUT2D eigenvalue weighted by molar-refractivity contribution is 0.102. The van der Waals surface area contributed by atoms with Gasteiger partial charge in [-0.3, -0.25) is 9.78 Å². The molecule has 0 saturated heterocycles. The van der Waals surface area contributed by atoms with Gasteiger partial charge >= 0.3 is 0 Å². The lowest BCUT2D eigenvalue weighted by atomic mass is 10.2. The molecule has 4 aromatic rings. The number of nitrogens with one attached hydrogen (secondary N) is 2. The molecular formula is C18H15N5O2S. The first-order valence-corrected chi connectivity index (χ1v) is 8.96. The summed E-state index contributed by atoms with van der Waals surface area (Å²) in [6.07, 6.45) is 4.76. The molecule has 0 atom stereocenters. The standard InChI is InChI=1S/C18H15N5O2S/c1-2-25-14-4-6-19-9-13(14)21-18(24)12-3-7-20-17-15(12)22-16(23-17)11-5-8-26-10-11/h3-10H,2H2,1H3,(H,21,24)(H,20,22,23). The number of fused-ring (bicyclic) bond motifs is 1. The van der Waals surface area contributed by atoms with Gasteiger partial charge < -0.3 is 15.0 Å². The number of carbonyl (C=O) groups excluding carboxylic acids is 1. The van der Waals surface area contributed by atoms with E-state index in [1.807, 2.05) is 23.8 Å². The molecule has 0 aliphatic carbocycles. The first-order chi connectivity index (χ1) is 12.8. The van der Waals surface area contributed by atoms with Crippen LogP contribution in [0, 0.1) is 0 Å². The molecule has 0 unspecified atom stereocenters. The first-order valence-electron chi connectivity index (χ1n) is 8.01. The van der Waals surface area contributed by atoms with Crippen LogP contribution in [0.15, 0.2) is 47.5 Å². The number of aromatic nitrogens is 4. The number of pyridine rings is 2. The predicted octanol–water partition coefficient (Wildman–Crippen LogP) is 3.73. The van der Waals surface area contributed by atoms with E-state index < -0.39 is 0 Å². The Labute approximate surface area is 153 Å². The lowest BCUT2D eigenvalue weighted by Crippen LogP contribution is -2.14. The number of amides is 1. The van der Waals surface area contributed by atoms with Crippen molar-refractivity contribution in [1.29, 1.82) is 0 Å². The summed E-state index contributed by atoms with van der Waals surface area (Å²) in [7, 11) is 0. The molecule has 130 valence electrons. The summed E-state index contributed by atoms with van der Waals surface area (Å²) < 4.78 is 5.53. The summed E-state index contributed by atoms with van der Waals surface area (Å²) in [5.41, 5.74) is 2.99. The SMILES string of the molecule is CCOc1ccncc1NC(=O)c1ccnc2[nH]c(-c3ccsc3)nc12. The van der Waals surface area contributed by atoms with E-state index >= 15 is 0 Å². The molecule has 4 aromatic heterocycles. The predicted molar refractivity (Wildman–Crippen MR) is 101 cm³/mol. The van der Waals surface area contributed by atoms with Crippen molar-refractivity contribution in [3.05, 3.63) is 53.1 Å². The summed E-state index contributed by atoms with van der Waals surface area (Å²) in [6.45, 7) is 2.38. The molecule has 7 nitrogen and oxygen atoms in total. The normalized spacial score (nSPS) is 10.8. The zero-order chi connectivity index (χ0) is 17.9. The third-order valence-electron chi connectivity index (χ3n) is 3.75. The number of hydrogen-bond donors (Lipinski definition) is 2. The third-order valence-corrected chi connectivity index (χ3v) is 4.44. The van der Waals surface area contributed by atoms with Gasteiger partial charge in [-0.15, -0.1) is 0 Å². The molecule has 0 aromatic carbocycles. The number of thiophene rings is 1. The van der Waals surface area contributed by atoms with Crippen LogP contribution in [0.1, 0.15) is 17.3 Å². The molecule has 0 fully saturated rings. The summed E-state index contributed by atoms with van der Waals surface area (Å²) in [5.74, 6) is 0.960. The highest BCUT2D eigenvalue weighted by molar-refractivity contribution is 7.08. The molecule has 8 heteroatoms. The zero-order valence-corrected chi connectivity index (χ0v) is 14.7. The van der Waals surface area contributed by atoms with Crippen LogP contribution in [-0.2, 0) is 0 Å². The number of anilines is 1. The maximum atomic E-state index is 12.8. The van der Waals surface area contributed by atoms with Gasteiger partial charge in [-0.1, -0.05) is 0 Å². The highest BCUT2D eigenvalue weighted by atomic mass is 32.1. The molecule has 0 saturated carbocycles. The molecule has 0 spiro atoms. The number of nitrogens with zero attached hydrogens (tertiary/aromatic N) is 3. The van der Waals surface area contributed by atoms with Crippen LogP contribution < -0.4 is 10.1 Å². The van der Waals surface area contributed by atoms with E-state index in [1.165, 1.54) is 0 Å². The smallest absolute Gasteiger partial charge is 0.258 e. The molecule has 0 aliphatic rings. The maximum Gasteiger partial charge on any atom is 0.258 e. The minimum absolute atomic E-state index is 0.297. The highest BCUT2D eigenvalue weighted by Crippen LogP contribution is 2.26. The minimum atomic E-state index is -0.297. The molecule has 4 rings (SSSR count). The number of carbonyl (C=O) groups is 1. The lowest BCUT2D eigenvalue weighted by Gasteiger charge is -2.10. The number of rotatable bonds is 5. The molecular weight excluding hydrogens is 350 g/mol. The van der Waals surface area contributed by atoms with E-state index in [0.717, 1.165) is 5.56 Å². The number of hydrogen-bond acceptors (Lipinski definition) is 6. The molecule has 4 heterocycles. The second-order valence-corrected chi connectivity index (χ2v) is 6.19. The van der Waals surface area contributed by atoms with Gasteiger partial charge in [0.15, 0.2) is 5.65 Å². The van der Waals surface area contributed by atoms with Crippen LogP contribution in [0.5, 0.6) is 5.75 Å². The van der Waals surface area contributed by atoms with Crippen molar-refractivity contribution in [2.75, 3.05) is 11.9 Å². The van der Waals surface area contributed by atoms with E-state index in [0.29, 0.717) is 40.6 Å². The van der Waals surface area contributed by atoms with E-state index in [-0.39, 0.29) is 5.91 Å². The van der Waals surface area contributed by atoms with Crippen molar-refractivity contribution in [3.63, 3.8) is 0 Å². The number of imidazole rings is 1. The monoisotopic (exact) mass is 365 g/mol. The molecule has 2 N–H and O–H groups in total. The number of H-pyrrole nitrogens is 1. The van der Waals surface area contributed by atoms with Crippen LogP contribution in [-0.4, -0.2) is 32.4 Å². The summed E-state index contributed by atoms with van der Waals surface area (Å²) in [6, 6.07) is 5.32. The second kappa shape index (κ2) is 6.93. The van der Waals surface area contributed by atoms with E-state index in [9.17, 15) is 4.79 Å². The van der Waals surface area contributed by atoms with Crippen molar-refractivity contribution in [2.45, 2.75) is 6.92 Å². The fraction of sp³-hybridized carbons (Fsp3) is 0.111. The second-order valence-electron chi connectivity index (χ2n) is 5.41. The Morgan fingerprint density at radius 3 is 3.04 bits per heavy atom. The van der Waals surface area contributed by atoms with Gasteiger partial charge in [-0.25, -0.2) is 9.97 Å². The topological polar surface area (TPSA) is 92.8 Å². The van der Waals surface area contributed by atoms with Crippen LogP contribution in [0.4, 0.5) is 5.69 Å². The molecule has 0 aliphatic heterocycles. The first kappa shape index (κ1) is 16.2. The molecule has 1 amide bonds. The minimum Gasteiger partial charge on any atom is -0.492 e. The Morgan fingerprint density at radius 1 is 1.31 bits per heavy atom. The summed E-state index contributed by atoms with van der Waals surface area (Å²) in [4.78, 5) is 28.8.